The van der Waals surface area contributed by atoms with Crippen LogP contribution in [0.5, 0.6) is 0 Å². The first kappa shape index (κ1) is 31.3. The van der Waals surface area contributed by atoms with E-state index in [1.807, 2.05) is 36.9 Å². The van der Waals surface area contributed by atoms with Crippen LogP contribution in [0.1, 0.15) is 44.5 Å². The van der Waals surface area contributed by atoms with Crippen LogP contribution in [0.25, 0.3) is 24.3 Å². The van der Waals surface area contributed by atoms with Crippen LogP contribution < -0.4 is 0 Å². The van der Waals surface area contributed by atoms with E-state index in [2.05, 4.69) is 145 Å². The molecule has 0 aliphatic heterocycles. The van der Waals surface area contributed by atoms with Crippen molar-refractivity contribution in [1.29, 1.82) is 0 Å². The standard InChI is InChI=1S/C40H44N2Si2/c1-43(2,29-37-20-14-33(15-21-37)12-18-35-10-6-24-41-27-35)31-39-8-5-9-40(26-39)32-44(3,4)30-38-22-16-34(17-23-38)13-19-36-11-7-25-42-28-36/h5-28H,29-32H2,1-4H3/b18-12-,19-13+. The van der Waals surface area contributed by atoms with E-state index in [4.69, 9.17) is 0 Å². The fraction of sp³-hybridized carbons (Fsp3) is 0.200. The molecule has 5 rings (SSSR count). The number of rotatable bonds is 12. The van der Waals surface area contributed by atoms with Crippen LogP contribution in [0.3, 0.4) is 0 Å². The molecule has 5 aromatic rings. The van der Waals surface area contributed by atoms with Gasteiger partial charge in [0.05, 0.1) is 16.1 Å². The normalized spacial score (nSPS) is 12.3. The molecule has 0 fully saturated rings. The number of pyridine rings is 2. The molecule has 2 aromatic heterocycles. The summed E-state index contributed by atoms with van der Waals surface area (Å²) >= 11 is 0. The summed E-state index contributed by atoms with van der Waals surface area (Å²) in [5.74, 6) is 0. The minimum atomic E-state index is -1.47. The quantitative estimate of drug-likeness (QED) is 0.132. The molecule has 0 radical (unpaired) electrons. The van der Waals surface area contributed by atoms with Crippen LogP contribution in [0.4, 0.5) is 0 Å². The van der Waals surface area contributed by atoms with Gasteiger partial charge in [0.2, 0.25) is 0 Å². The average Bonchev–Trinajstić information content (AvgIpc) is 3.01. The summed E-state index contributed by atoms with van der Waals surface area (Å²) in [7, 11) is -2.95. The summed E-state index contributed by atoms with van der Waals surface area (Å²) in [6, 6.07) is 40.6. The number of hydrogen-bond acceptors (Lipinski definition) is 2. The molecule has 0 aliphatic rings. The highest BCUT2D eigenvalue weighted by molar-refractivity contribution is 6.76. The highest BCUT2D eigenvalue weighted by Gasteiger charge is 2.24. The van der Waals surface area contributed by atoms with E-state index in [-0.39, 0.29) is 0 Å². The molecule has 0 saturated heterocycles. The monoisotopic (exact) mass is 608 g/mol. The van der Waals surface area contributed by atoms with Crippen LogP contribution in [-0.2, 0) is 24.2 Å². The van der Waals surface area contributed by atoms with Gasteiger partial charge in [0.15, 0.2) is 0 Å². The van der Waals surface area contributed by atoms with Crippen molar-refractivity contribution in [2.24, 2.45) is 0 Å². The first-order valence-corrected chi connectivity index (χ1v) is 22.5. The summed E-state index contributed by atoms with van der Waals surface area (Å²) in [6.45, 7) is 10.1. The predicted octanol–water partition coefficient (Wildman–Crippen LogP) is 9.96. The second kappa shape index (κ2) is 14.6. The van der Waals surface area contributed by atoms with Gasteiger partial charge in [-0.05, 0) is 58.6 Å². The molecule has 4 heteroatoms. The lowest BCUT2D eigenvalue weighted by atomic mass is 10.1. The maximum atomic E-state index is 4.19. The van der Waals surface area contributed by atoms with Crippen molar-refractivity contribution in [1.82, 2.24) is 9.97 Å². The average molecular weight is 609 g/mol. The van der Waals surface area contributed by atoms with Crippen LogP contribution in [0, 0.1) is 0 Å². The minimum absolute atomic E-state index is 1.12. The highest BCUT2D eigenvalue weighted by Crippen LogP contribution is 2.23. The van der Waals surface area contributed by atoms with E-state index in [9.17, 15) is 0 Å². The van der Waals surface area contributed by atoms with Crippen molar-refractivity contribution >= 4 is 40.5 Å². The highest BCUT2D eigenvalue weighted by atomic mass is 28.3. The van der Waals surface area contributed by atoms with Crippen LogP contribution in [0.15, 0.2) is 122 Å². The molecule has 44 heavy (non-hydrogen) atoms. The molecular weight excluding hydrogens is 565 g/mol. The molecule has 0 bridgehead atoms. The molecule has 0 aliphatic carbocycles. The van der Waals surface area contributed by atoms with Crippen molar-refractivity contribution in [2.45, 2.75) is 50.4 Å². The van der Waals surface area contributed by atoms with Gasteiger partial charge in [-0.1, -0.05) is 158 Å². The third-order valence-corrected chi connectivity index (χ3v) is 13.4. The van der Waals surface area contributed by atoms with Crippen molar-refractivity contribution in [3.8, 4) is 0 Å². The number of aromatic nitrogens is 2. The smallest absolute Gasteiger partial charge is 0.0561 e. The molecule has 0 spiro atoms. The Balaban J connectivity index is 1.15. The van der Waals surface area contributed by atoms with Gasteiger partial charge in [0.1, 0.15) is 0 Å². The van der Waals surface area contributed by atoms with Gasteiger partial charge in [-0.25, -0.2) is 0 Å². The van der Waals surface area contributed by atoms with Crippen molar-refractivity contribution < 1.29 is 0 Å². The van der Waals surface area contributed by atoms with Crippen molar-refractivity contribution in [3.63, 3.8) is 0 Å². The predicted molar refractivity (Wildman–Crippen MR) is 195 cm³/mol. The fourth-order valence-corrected chi connectivity index (χ4v) is 11.6. The summed E-state index contributed by atoms with van der Waals surface area (Å²) in [6.07, 6.45) is 16.0. The first-order chi connectivity index (χ1) is 21.2. The van der Waals surface area contributed by atoms with E-state index in [0.717, 1.165) is 11.1 Å². The fourth-order valence-electron chi connectivity index (χ4n) is 6.01. The van der Waals surface area contributed by atoms with Gasteiger partial charge in [-0.3, -0.25) is 9.97 Å². The van der Waals surface area contributed by atoms with Gasteiger partial charge >= 0.3 is 0 Å². The van der Waals surface area contributed by atoms with Crippen LogP contribution in [-0.4, -0.2) is 26.1 Å². The molecule has 2 nitrogen and oxygen atoms in total. The molecule has 0 unspecified atom stereocenters. The molecule has 0 amide bonds. The Hall–Kier alpha value is -4.13. The minimum Gasteiger partial charge on any atom is -0.264 e. The van der Waals surface area contributed by atoms with Gasteiger partial charge < -0.3 is 0 Å². The van der Waals surface area contributed by atoms with E-state index >= 15 is 0 Å². The maximum absolute atomic E-state index is 4.19. The number of benzene rings is 3. The summed E-state index contributed by atoms with van der Waals surface area (Å²) in [5, 5.41) is 0. The topological polar surface area (TPSA) is 25.8 Å². The summed E-state index contributed by atoms with van der Waals surface area (Å²) in [4.78, 5) is 8.39. The lowest BCUT2D eigenvalue weighted by Crippen LogP contribution is -2.34. The zero-order chi connectivity index (χ0) is 30.8. The number of hydrogen-bond donors (Lipinski definition) is 0. The molecule has 0 saturated carbocycles. The maximum Gasteiger partial charge on any atom is 0.0561 e. The van der Waals surface area contributed by atoms with Gasteiger partial charge in [-0.15, -0.1) is 0 Å². The SMILES string of the molecule is C[Si](C)(Cc1ccc(/C=C\c2cccnc2)cc1)Cc1cccc(C[Si](C)(C)Cc2ccc(/C=C/c3cccnc3)cc2)c1. The van der Waals surface area contributed by atoms with Crippen molar-refractivity contribution in [3.05, 3.63) is 166 Å². The Bertz CT molecular complexity index is 1550. The van der Waals surface area contributed by atoms with Gasteiger partial charge in [0, 0.05) is 24.8 Å². The van der Waals surface area contributed by atoms with E-state index in [1.54, 1.807) is 0 Å². The Kier molecular flexibility index (Phi) is 10.4. The van der Waals surface area contributed by atoms with Gasteiger partial charge in [-0.2, -0.15) is 0 Å². The first-order valence-electron chi connectivity index (χ1n) is 15.6. The van der Waals surface area contributed by atoms with E-state index in [1.165, 1.54) is 57.6 Å². The molecule has 3 aromatic carbocycles. The lowest BCUT2D eigenvalue weighted by Gasteiger charge is -2.25. The Morgan fingerprint density at radius 3 is 1.20 bits per heavy atom. The van der Waals surface area contributed by atoms with E-state index < -0.39 is 16.1 Å². The Labute approximate surface area is 266 Å². The molecule has 0 N–H and O–H groups in total. The summed E-state index contributed by atoms with van der Waals surface area (Å²) in [5.41, 5.74) is 10.6. The largest absolute Gasteiger partial charge is 0.264 e. The Morgan fingerprint density at radius 2 is 0.818 bits per heavy atom. The van der Waals surface area contributed by atoms with Crippen LogP contribution in [0.2, 0.25) is 26.2 Å². The third-order valence-electron chi connectivity index (χ3n) is 7.99. The third kappa shape index (κ3) is 9.97. The zero-order valence-corrected chi connectivity index (χ0v) is 28.6. The van der Waals surface area contributed by atoms with E-state index in [0.29, 0.717) is 0 Å². The number of nitrogens with zero attached hydrogens (tertiary/aromatic N) is 2. The Morgan fingerprint density at radius 1 is 0.432 bits per heavy atom. The van der Waals surface area contributed by atoms with Crippen LogP contribution >= 0.6 is 0 Å². The molecule has 0 atom stereocenters. The second-order valence-electron chi connectivity index (χ2n) is 13.6. The molecular formula is C40H44N2Si2. The lowest BCUT2D eigenvalue weighted by molar-refractivity contribution is 1.17. The van der Waals surface area contributed by atoms with Crippen molar-refractivity contribution in [2.75, 3.05) is 0 Å². The molecule has 222 valence electrons. The summed E-state index contributed by atoms with van der Waals surface area (Å²) < 4.78 is 0. The second-order valence-corrected chi connectivity index (χ2v) is 23.6. The van der Waals surface area contributed by atoms with Gasteiger partial charge in [0.25, 0.3) is 0 Å². The zero-order valence-electron chi connectivity index (χ0n) is 26.6. The molecule has 2 heterocycles.